The lowest BCUT2D eigenvalue weighted by Gasteiger charge is -1.75. The van der Waals surface area contributed by atoms with Crippen molar-refractivity contribution in [2.45, 2.75) is 19.8 Å². The summed E-state index contributed by atoms with van der Waals surface area (Å²) in [4.78, 5) is 0. The Morgan fingerprint density at radius 2 is 2.25 bits per heavy atom. The molecule has 46 valence electrons. The van der Waals surface area contributed by atoms with Crippen LogP contribution in [0.5, 0.6) is 0 Å². The van der Waals surface area contributed by atoms with E-state index in [2.05, 4.69) is 12.7 Å². The van der Waals surface area contributed by atoms with E-state index < -0.39 is 0 Å². The van der Waals surface area contributed by atoms with Crippen molar-refractivity contribution in [1.82, 2.24) is 0 Å². The van der Waals surface area contributed by atoms with E-state index in [1.165, 1.54) is 0 Å². The first-order valence-corrected chi connectivity index (χ1v) is 2.92. The van der Waals surface area contributed by atoms with Gasteiger partial charge in [0, 0.05) is 0 Å². The summed E-state index contributed by atoms with van der Waals surface area (Å²) in [6.07, 6.45) is 5.73. The van der Waals surface area contributed by atoms with Gasteiger partial charge in [0.25, 0.3) is 0 Å². The molecule has 1 nitrogen and oxygen atoms in total. The minimum Gasteiger partial charge on any atom is -0.392 e. The van der Waals surface area contributed by atoms with Crippen molar-refractivity contribution in [1.29, 1.82) is 0 Å². The molecule has 0 fully saturated rings. The summed E-state index contributed by atoms with van der Waals surface area (Å²) in [5.74, 6) is 0. The molecule has 0 aromatic heterocycles. The van der Waals surface area contributed by atoms with Crippen LogP contribution in [0.1, 0.15) is 19.8 Å². The number of hydrogen-bond donors (Lipinski definition) is 1. The molecule has 0 radical (unpaired) electrons. The van der Waals surface area contributed by atoms with Crippen LogP contribution in [0.2, 0.25) is 0 Å². The van der Waals surface area contributed by atoms with Crippen LogP contribution in [-0.2, 0) is 0 Å². The quantitative estimate of drug-likeness (QED) is 0.548. The Hall–Kier alpha value is -0.520. The molecule has 0 unspecified atom stereocenters. The van der Waals surface area contributed by atoms with Gasteiger partial charge < -0.3 is 5.11 Å². The summed E-state index contributed by atoms with van der Waals surface area (Å²) < 4.78 is 0. The summed E-state index contributed by atoms with van der Waals surface area (Å²) in [6.45, 7) is 2.21. The van der Waals surface area contributed by atoms with Crippen LogP contribution in [0.15, 0.2) is 17.9 Å². The Morgan fingerprint density at radius 3 is 2.75 bits per heavy atom. The molecule has 1 heteroatoms. The molecule has 0 atom stereocenters. The van der Waals surface area contributed by atoms with E-state index in [1.807, 2.05) is 6.08 Å². The molecule has 1 N–H and O–H groups in total. The smallest absolute Gasteiger partial charge is 0.0686 e. The molecular formula is C7H12O. The van der Waals surface area contributed by atoms with E-state index in [4.69, 9.17) is 5.11 Å². The lowest BCUT2D eigenvalue weighted by atomic mass is 10.3. The summed E-state index contributed by atoms with van der Waals surface area (Å²) in [5.41, 5.74) is 2.84. The molecule has 0 saturated carbocycles. The Kier molecular flexibility index (Phi) is 6.06. The van der Waals surface area contributed by atoms with Crippen LogP contribution in [0.25, 0.3) is 0 Å². The first kappa shape index (κ1) is 7.48. The van der Waals surface area contributed by atoms with E-state index in [0.29, 0.717) is 0 Å². The second-order valence-electron chi connectivity index (χ2n) is 1.55. The van der Waals surface area contributed by atoms with Crippen molar-refractivity contribution in [2.75, 3.05) is 6.61 Å². The molecule has 0 bridgehead atoms. The van der Waals surface area contributed by atoms with Crippen LogP contribution >= 0.6 is 0 Å². The van der Waals surface area contributed by atoms with Gasteiger partial charge in [-0.3, -0.25) is 0 Å². The van der Waals surface area contributed by atoms with Gasteiger partial charge in [-0.2, -0.15) is 0 Å². The van der Waals surface area contributed by atoms with Gasteiger partial charge in [-0.05, 0) is 18.6 Å². The highest BCUT2D eigenvalue weighted by molar-refractivity contribution is 4.83. The van der Waals surface area contributed by atoms with Crippen molar-refractivity contribution in [3.63, 3.8) is 0 Å². The van der Waals surface area contributed by atoms with Crippen LogP contribution in [0, 0.1) is 0 Å². The molecule has 0 spiro atoms. The molecule has 0 heterocycles. The number of aliphatic hydroxyl groups is 1. The van der Waals surface area contributed by atoms with Gasteiger partial charge in [-0.15, -0.1) is 5.73 Å². The first-order chi connectivity index (χ1) is 3.91. The predicted octanol–water partition coefficient (Wildman–Crippen LogP) is 1.49. The zero-order valence-electron chi connectivity index (χ0n) is 5.22. The maximum Gasteiger partial charge on any atom is 0.0686 e. The molecular weight excluding hydrogens is 100 g/mol. The van der Waals surface area contributed by atoms with Gasteiger partial charge in [0.1, 0.15) is 0 Å². The molecule has 8 heavy (non-hydrogen) atoms. The summed E-state index contributed by atoms with van der Waals surface area (Å²) >= 11 is 0. The van der Waals surface area contributed by atoms with Crippen LogP contribution in [0.4, 0.5) is 0 Å². The monoisotopic (exact) mass is 112 g/mol. The second-order valence-corrected chi connectivity index (χ2v) is 1.55. The number of rotatable bonds is 3. The SMILES string of the molecule is CCCC=C=CCO. The molecule has 0 aliphatic heterocycles. The van der Waals surface area contributed by atoms with Crippen molar-refractivity contribution in [2.24, 2.45) is 0 Å². The zero-order chi connectivity index (χ0) is 6.24. The normalized spacial score (nSPS) is 7.75. The summed E-state index contributed by atoms with van der Waals surface area (Å²) in [6, 6.07) is 0. The van der Waals surface area contributed by atoms with E-state index in [-0.39, 0.29) is 6.61 Å². The van der Waals surface area contributed by atoms with Crippen molar-refractivity contribution in [3.05, 3.63) is 17.9 Å². The minimum absolute atomic E-state index is 0.0974. The fourth-order valence-corrected chi connectivity index (χ4v) is 0.364. The first-order valence-electron chi connectivity index (χ1n) is 2.92. The van der Waals surface area contributed by atoms with Gasteiger partial charge in [0.2, 0.25) is 0 Å². The second kappa shape index (κ2) is 6.48. The third-order valence-electron chi connectivity index (χ3n) is 0.760. The third kappa shape index (κ3) is 5.48. The lowest BCUT2D eigenvalue weighted by Crippen LogP contribution is -1.65. The Balaban J connectivity index is 3.18. The van der Waals surface area contributed by atoms with Gasteiger partial charge >= 0.3 is 0 Å². The van der Waals surface area contributed by atoms with Crippen LogP contribution in [-0.4, -0.2) is 11.7 Å². The van der Waals surface area contributed by atoms with Crippen LogP contribution in [0.3, 0.4) is 0 Å². The maximum atomic E-state index is 8.23. The number of unbranched alkanes of at least 4 members (excludes halogenated alkanes) is 1. The van der Waals surface area contributed by atoms with Crippen LogP contribution < -0.4 is 0 Å². The van der Waals surface area contributed by atoms with Gasteiger partial charge in [-0.25, -0.2) is 0 Å². The molecule has 0 aromatic carbocycles. The molecule has 0 aliphatic rings. The van der Waals surface area contributed by atoms with E-state index in [9.17, 15) is 0 Å². The Bertz CT molecular complexity index is 88.6. The average molecular weight is 112 g/mol. The molecule has 0 aromatic rings. The maximum absolute atomic E-state index is 8.23. The fraction of sp³-hybridized carbons (Fsp3) is 0.571. The Labute approximate surface area is 50.3 Å². The van der Waals surface area contributed by atoms with E-state index in [0.717, 1.165) is 12.8 Å². The Morgan fingerprint density at radius 1 is 1.50 bits per heavy atom. The largest absolute Gasteiger partial charge is 0.392 e. The highest BCUT2D eigenvalue weighted by Gasteiger charge is 1.66. The number of hydrogen-bond acceptors (Lipinski definition) is 1. The summed E-state index contributed by atoms with van der Waals surface area (Å²) in [5, 5.41) is 8.23. The van der Waals surface area contributed by atoms with Gasteiger partial charge in [0.05, 0.1) is 6.61 Å². The fourth-order valence-electron chi connectivity index (χ4n) is 0.364. The standard InChI is InChI=1S/C7H12O/c1-2-3-4-5-6-7-8/h4,6,8H,2-3,7H2,1H3. The summed E-state index contributed by atoms with van der Waals surface area (Å²) in [7, 11) is 0. The molecule has 0 saturated heterocycles. The molecule has 0 aliphatic carbocycles. The van der Waals surface area contributed by atoms with E-state index in [1.54, 1.807) is 6.08 Å². The van der Waals surface area contributed by atoms with Crippen molar-refractivity contribution >= 4 is 0 Å². The highest BCUT2D eigenvalue weighted by Crippen LogP contribution is 1.84. The predicted molar refractivity (Wildman–Crippen MR) is 34.6 cm³/mol. The minimum atomic E-state index is 0.0974. The molecule has 0 rings (SSSR count). The van der Waals surface area contributed by atoms with Crippen molar-refractivity contribution in [3.8, 4) is 0 Å². The number of aliphatic hydroxyl groups excluding tert-OH is 1. The van der Waals surface area contributed by atoms with Gasteiger partial charge in [-0.1, -0.05) is 13.3 Å². The van der Waals surface area contributed by atoms with Crippen molar-refractivity contribution < 1.29 is 5.11 Å². The lowest BCUT2D eigenvalue weighted by molar-refractivity contribution is 0.343. The topological polar surface area (TPSA) is 20.2 Å². The third-order valence-corrected chi connectivity index (χ3v) is 0.760. The highest BCUT2D eigenvalue weighted by atomic mass is 16.2. The zero-order valence-corrected chi connectivity index (χ0v) is 5.22. The van der Waals surface area contributed by atoms with E-state index >= 15 is 0 Å². The average Bonchev–Trinajstić information content (AvgIpc) is 1.81. The van der Waals surface area contributed by atoms with Gasteiger partial charge in [0.15, 0.2) is 0 Å². The molecule has 0 amide bonds.